The largest absolute Gasteiger partial charge is 0.433 e. The van der Waals surface area contributed by atoms with Crippen LogP contribution in [0.4, 0.5) is 25.8 Å². The average Bonchev–Trinajstić information content (AvgIpc) is 2.63. The number of nitro groups is 1. The molecule has 2 aromatic carbocycles. The van der Waals surface area contributed by atoms with E-state index >= 15 is 0 Å². The number of nitro benzene ring substituents is 1. The Hall–Kier alpha value is -3.03. The summed E-state index contributed by atoms with van der Waals surface area (Å²) in [6, 6.07) is 6.77. The molecule has 0 aliphatic rings. The van der Waals surface area contributed by atoms with Crippen LogP contribution in [0.2, 0.25) is 5.02 Å². The molecule has 4 N–H and O–H groups in total. The van der Waals surface area contributed by atoms with E-state index in [1.807, 2.05) is 0 Å². The Morgan fingerprint density at radius 2 is 1.97 bits per heavy atom. The van der Waals surface area contributed by atoms with Gasteiger partial charge in [0.2, 0.25) is 15.9 Å². The summed E-state index contributed by atoms with van der Waals surface area (Å²) < 4.78 is 51.3. The Morgan fingerprint density at radius 1 is 1.27 bits per heavy atom. The number of rotatable bonds is 9. The van der Waals surface area contributed by atoms with Gasteiger partial charge < -0.3 is 15.4 Å². The molecule has 0 unspecified atom stereocenters. The first kappa shape index (κ1) is 23.3. The molecular formula is C16H15ClF2N4O6S. The molecule has 0 bridgehead atoms. The number of nitrogens with two attached hydrogens (primary N) is 1. The number of primary sulfonamides is 1. The molecule has 0 aliphatic carbocycles. The summed E-state index contributed by atoms with van der Waals surface area (Å²) in [5.74, 6) is -0.744. The second kappa shape index (κ2) is 9.65. The molecule has 14 heteroatoms. The molecule has 0 fully saturated rings. The number of nitrogens with one attached hydrogen (secondary N) is 2. The van der Waals surface area contributed by atoms with Crippen LogP contribution in [0.15, 0.2) is 41.3 Å². The summed E-state index contributed by atoms with van der Waals surface area (Å²) >= 11 is 5.80. The fraction of sp³-hybridized carbons (Fsp3) is 0.188. The van der Waals surface area contributed by atoms with Crippen LogP contribution in [0.25, 0.3) is 0 Å². The highest BCUT2D eigenvalue weighted by Gasteiger charge is 2.19. The van der Waals surface area contributed by atoms with Crippen LogP contribution in [-0.2, 0) is 14.8 Å². The minimum absolute atomic E-state index is 0.00301. The number of nitrogens with zero attached hydrogens (tertiary/aromatic N) is 1. The number of carbonyl (C=O) groups excluding carboxylic acids is 1. The first-order chi connectivity index (χ1) is 14.0. The molecule has 10 nitrogen and oxygen atoms in total. The summed E-state index contributed by atoms with van der Waals surface area (Å²) in [7, 11) is -4.12. The molecule has 0 aromatic heterocycles. The van der Waals surface area contributed by atoms with E-state index in [0.29, 0.717) is 0 Å². The van der Waals surface area contributed by atoms with Crippen molar-refractivity contribution in [3.8, 4) is 5.75 Å². The van der Waals surface area contributed by atoms with Gasteiger partial charge in [-0.3, -0.25) is 14.9 Å². The van der Waals surface area contributed by atoms with Crippen molar-refractivity contribution >= 4 is 44.6 Å². The summed E-state index contributed by atoms with van der Waals surface area (Å²) in [6.45, 7) is -3.07. The third-order valence-electron chi connectivity index (χ3n) is 3.59. The van der Waals surface area contributed by atoms with E-state index in [-0.39, 0.29) is 35.1 Å². The molecule has 0 saturated carbocycles. The van der Waals surface area contributed by atoms with Crippen molar-refractivity contribution < 1.29 is 31.7 Å². The maximum Gasteiger partial charge on any atom is 0.387 e. The summed E-state index contributed by atoms with van der Waals surface area (Å²) in [6.07, 6.45) is -0.124. The van der Waals surface area contributed by atoms with Crippen molar-refractivity contribution in [3.63, 3.8) is 0 Å². The molecular weight excluding hydrogens is 450 g/mol. The minimum atomic E-state index is -4.12. The van der Waals surface area contributed by atoms with Crippen LogP contribution in [0, 0.1) is 10.1 Å². The standard InChI is InChI=1S/C16H15ClF2N4O6S/c17-11-7-9(1-4-14(11)29-16(18)19)22-15(24)5-6-21-12-3-2-10(30(20,27)28)8-13(12)23(25)26/h1-4,7-8,16,21H,5-6H2,(H,22,24)(H2,20,27,28). The van der Waals surface area contributed by atoms with Crippen LogP contribution >= 0.6 is 11.6 Å². The highest BCUT2D eigenvalue weighted by atomic mass is 35.5. The normalized spacial score (nSPS) is 11.2. The van der Waals surface area contributed by atoms with E-state index in [0.717, 1.165) is 18.2 Å². The number of alkyl halides is 2. The molecule has 0 aliphatic heterocycles. The zero-order chi connectivity index (χ0) is 22.5. The Balaban J connectivity index is 1.98. The van der Waals surface area contributed by atoms with E-state index in [9.17, 15) is 32.1 Å². The van der Waals surface area contributed by atoms with Gasteiger partial charge in [-0.15, -0.1) is 0 Å². The van der Waals surface area contributed by atoms with Gasteiger partial charge in [0.1, 0.15) is 11.4 Å². The third-order valence-corrected chi connectivity index (χ3v) is 4.80. The topological polar surface area (TPSA) is 154 Å². The van der Waals surface area contributed by atoms with Gasteiger partial charge in [0.15, 0.2) is 0 Å². The lowest BCUT2D eigenvalue weighted by atomic mass is 10.2. The molecule has 2 rings (SSSR count). The number of carbonyl (C=O) groups is 1. The first-order valence-electron chi connectivity index (χ1n) is 8.06. The lowest BCUT2D eigenvalue weighted by molar-refractivity contribution is -0.384. The Labute approximate surface area is 174 Å². The zero-order valence-corrected chi connectivity index (χ0v) is 16.5. The molecule has 162 valence electrons. The minimum Gasteiger partial charge on any atom is -0.433 e. The van der Waals surface area contributed by atoms with Gasteiger partial charge in [0.05, 0.1) is 14.8 Å². The summed E-state index contributed by atoms with van der Waals surface area (Å²) in [5.41, 5.74) is -0.296. The fourth-order valence-corrected chi connectivity index (χ4v) is 3.05. The van der Waals surface area contributed by atoms with E-state index in [1.54, 1.807) is 0 Å². The van der Waals surface area contributed by atoms with Gasteiger partial charge in [0, 0.05) is 24.7 Å². The van der Waals surface area contributed by atoms with E-state index < -0.39 is 38.0 Å². The number of amides is 1. The number of ether oxygens (including phenoxy) is 1. The number of halogens is 3. The molecule has 2 aromatic rings. The molecule has 0 saturated heterocycles. The molecule has 0 spiro atoms. The van der Waals surface area contributed by atoms with Gasteiger partial charge >= 0.3 is 6.61 Å². The van der Waals surface area contributed by atoms with Crippen LogP contribution in [-0.4, -0.2) is 32.4 Å². The number of benzene rings is 2. The van der Waals surface area contributed by atoms with Gasteiger partial charge in [-0.2, -0.15) is 8.78 Å². The van der Waals surface area contributed by atoms with Gasteiger partial charge in [-0.1, -0.05) is 11.6 Å². The second-order valence-corrected chi connectivity index (χ2v) is 7.70. The fourth-order valence-electron chi connectivity index (χ4n) is 2.29. The monoisotopic (exact) mass is 464 g/mol. The van der Waals surface area contributed by atoms with Crippen molar-refractivity contribution in [2.75, 3.05) is 17.2 Å². The van der Waals surface area contributed by atoms with Gasteiger partial charge in [0.25, 0.3) is 5.69 Å². The van der Waals surface area contributed by atoms with E-state index in [1.165, 1.54) is 18.2 Å². The Kier molecular flexibility index (Phi) is 7.48. The van der Waals surface area contributed by atoms with Crippen molar-refractivity contribution in [3.05, 3.63) is 51.5 Å². The predicted octanol–water partition coefficient (Wildman–Crippen LogP) is 2.94. The second-order valence-electron chi connectivity index (χ2n) is 5.73. The van der Waals surface area contributed by atoms with Gasteiger partial charge in [-0.05, 0) is 30.3 Å². The average molecular weight is 465 g/mol. The van der Waals surface area contributed by atoms with E-state index in [4.69, 9.17) is 16.7 Å². The molecule has 0 heterocycles. The lowest BCUT2D eigenvalue weighted by Gasteiger charge is -2.10. The number of anilines is 2. The number of hydrogen-bond acceptors (Lipinski definition) is 7. The van der Waals surface area contributed by atoms with Crippen LogP contribution < -0.4 is 20.5 Å². The predicted molar refractivity (Wildman–Crippen MR) is 104 cm³/mol. The van der Waals surface area contributed by atoms with Crippen LogP contribution in [0.3, 0.4) is 0 Å². The quantitative estimate of drug-likeness (QED) is 0.380. The van der Waals surface area contributed by atoms with Crippen molar-refractivity contribution in [1.82, 2.24) is 0 Å². The summed E-state index contributed by atoms with van der Waals surface area (Å²) in [5, 5.41) is 21.1. The maximum atomic E-state index is 12.2. The third kappa shape index (κ3) is 6.50. The van der Waals surface area contributed by atoms with Crippen molar-refractivity contribution in [2.45, 2.75) is 17.9 Å². The van der Waals surface area contributed by atoms with Crippen LogP contribution in [0.1, 0.15) is 6.42 Å². The van der Waals surface area contributed by atoms with Crippen molar-refractivity contribution in [1.29, 1.82) is 0 Å². The summed E-state index contributed by atoms with van der Waals surface area (Å²) in [4.78, 5) is 21.9. The highest BCUT2D eigenvalue weighted by molar-refractivity contribution is 7.89. The zero-order valence-electron chi connectivity index (χ0n) is 15.0. The maximum absolute atomic E-state index is 12.2. The smallest absolute Gasteiger partial charge is 0.387 e. The number of sulfonamides is 1. The first-order valence-corrected chi connectivity index (χ1v) is 9.99. The van der Waals surface area contributed by atoms with Crippen LogP contribution in [0.5, 0.6) is 5.75 Å². The Morgan fingerprint density at radius 3 is 2.53 bits per heavy atom. The van der Waals surface area contributed by atoms with Gasteiger partial charge in [-0.25, -0.2) is 13.6 Å². The molecule has 0 radical (unpaired) electrons. The number of hydrogen-bond donors (Lipinski definition) is 3. The SMILES string of the molecule is NS(=O)(=O)c1ccc(NCCC(=O)Nc2ccc(OC(F)F)c(Cl)c2)c([N+](=O)[O-])c1. The highest BCUT2D eigenvalue weighted by Crippen LogP contribution is 2.29. The molecule has 30 heavy (non-hydrogen) atoms. The molecule has 1 amide bonds. The van der Waals surface area contributed by atoms with Crippen molar-refractivity contribution in [2.24, 2.45) is 5.14 Å². The lowest BCUT2D eigenvalue weighted by Crippen LogP contribution is -2.17. The van der Waals surface area contributed by atoms with E-state index in [2.05, 4.69) is 15.4 Å². The molecule has 0 atom stereocenters. The Bertz CT molecular complexity index is 1070.